The van der Waals surface area contributed by atoms with Gasteiger partial charge >= 0.3 is 0 Å². The summed E-state index contributed by atoms with van der Waals surface area (Å²) in [6, 6.07) is 14.3. The molecule has 5 nitrogen and oxygen atoms in total. The zero-order chi connectivity index (χ0) is 20.4. The van der Waals surface area contributed by atoms with Crippen molar-refractivity contribution in [2.24, 2.45) is 7.05 Å². The van der Waals surface area contributed by atoms with Crippen molar-refractivity contribution >= 4 is 23.7 Å². The van der Waals surface area contributed by atoms with Crippen molar-refractivity contribution in [3.63, 3.8) is 0 Å². The predicted octanol–water partition coefficient (Wildman–Crippen LogP) is 4.34. The second-order valence-electron chi connectivity index (χ2n) is 6.67. The molecule has 0 saturated heterocycles. The Morgan fingerprint density at radius 1 is 1.17 bits per heavy atom. The van der Waals surface area contributed by atoms with Crippen LogP contribution in [0.15, 0.2) is 71.2 Å². The van der Waals surface area contributed by atoms with Gasteiger partial charge < -0.3 is 10.0 Å². The maximum absolute atomic E-state index is 14.9. The fourth-order valence-corrected chi connectivity index (χ4v) is 4.92. The first-order valence-corrected chi connectivity index (χ1v) is 10.8. The van der Waals surface area contributed by atoms with E-state index in [0.717, 1.165) is 16.2 Å². The third-order valence-corrected chi connectivity index (χ3v) is 6.74. The van der Waals surface area contributed by atoms with Gasteiger partial charge in [-0.15, -0.1) is 0 Å². The van der Waals surface area contributed by atoms with Gasteiger partial charge in [0.2, 0.25) is 0 Å². The summed E-state index contributed by atoms with van der Waals surface area (Å²) in [6.07, 6.45) is 2.62. The van der Waals surface area contributed by atoms with E-state index < -0.39 is 11.9 Å². The lowest BCUT2D eigenvalue weighted by Crippen LogP contribution is -2.30. The highest BCUT2D eigenvalue weighted by Gasteiger charge is 2.21. The number of nitrogens with one attached hydrogen (secondary N) is 1. The van der Waals surface area contributed by atoms with E-state index in [1.807, 2.05) is 67.0 Å². The van der Waals surface area contributed by atoms with Gasteiger partial charge in [0.15, 0.2) is 0 Å². The van der Waals surface area contributed by atoms with E-state index in [4.69, 9.17) is 0 Å². The highest BCUT2D eigenvalue weighted by molar-refractivity contribution is 8.04. The second-order valence-corrected chi connectivity index (χ2v) is 8.57. The molecule has 1 aromatic heterocycles. The zero-order valence-corrected chi connectivity index (χ0v) is 17.6. The molecule has 8 heteroatoms. The summed E-state index contributed by atoms with van der Waals surface area (Å²) in [7, 11) is 3.82. The SMILES string of the molecule is CN1C=CSC1NSc1ccc(C(O)c2ccccc2-c2ccnn2C)c(F)c1. The lowest BCUT2D eigenvalue weighted by molar-refractivity contribution is 0.215. The summed E-state index contributed by atoms with van der Waals surface area (Å²) >= 11 is 3.02. The van der Waals surface area contributed by atoms with Crippen LogP contribution in [0.5, 0.6) is 0 Å². The summed E-state index contributed by atoms with van der Waals surface area (Å²) in [5, 5.41) is 17.2. The van der Waals surface area contributed by atoms with Gasteiger partial charge in [0.25, 0.3) is 0 Å². The Balaban J connectivity index is 1.55. The van der Waals surface area contributed by atoms with Crippen molar-refractivity contribution in [3.8, 4) is 11.3 Å². The number of thioether (sulfide) groups is 1. The van der Waals surface area contributed by atoms with Gasteiger partial charge in [0.05, 0.1) is 5.69 Å². The Kier molecular flexibility index (Phi) is 5.96. The van der Waals surface area contributed by atoms with E-state index in [2.05, 4.69) is 9.82 Å². The fourth-order valence-electron chi connectivity index (χ4n) is 3.18. The Labute approximate surface area is 177 Å². The fraction of sp³-hybridized carbons (Fsp3) is 0.190. The van der Waals surface area contributed by atoms with E-state index in [9.17, 15) is 9.50 Å². The van der Waals surface area contributed by atoms with E-state index >= 15 is 0 Å². The van der Waals surface area contributed by atoms with Gasteiger partial charge in [-0.05, 0) is 41.1 Å². The number of aromatic nitrogens is 2. The van der Waals surface area contributed by atoms with Crippen molar-refractivity contribution in [2.75, 3.05) is 7.05 Å². The first-order chi connectivity index (χ1) is 14.0. The molecule has 0 amide bonds. The third-order valence-electron chi connectivity index (χ3n) is 4.77. The van der Waals surface area contributed by atoms with Crippen LogP contribution in [0.3, 0.4) is 0 Å². The van der Waals surface area contributed by atoms with Crippen molar-refractivity contribution < 1.29 is 9.50 Å². The van der Waals surface area contributed by atoms with Crippen LogP contribution in [0.4, 0.5) is 4.39 Å². The standard InChI is InChI=1S/C21H21FN4OS2/c1-25-11-12-28-21(25)24-29-14-7-8-17(18(22)13-14)20(27)16-6-4-3-5-15(16)19-9-10-23-26(19)2/h3-13,20-21,24,27H,1-2H3. The number of aliphatic hydroxyl groups excluding tert-OH is 1. The maximum atomic E-state index is 14.9. The van der Waals surface area contributed by atoms with Crippen molar-refractivity contribution in [2.45, 2.75) is 16.5 Å². The minimum atomic E-state index is -1.08. The van der Waals surface area contributed by atoms with E-state index in [1.165, 1.54) is 18.0 Å². The minimum Gasteiger partial charge on any atom is -0.384 e. The quantitative estimate of drug-likeness (QED) is 0.570. The van der Waals surface area contributed by atoms with Gasteiger partial charge in [-0.1, -0.05) is 42.1 Å². The molecule has 2 N–H and O–H groups in total. The molecular weight excluding hydrogens is 407 g/mol. The van der Waals surface area contributed by atoms with E-state index in [-0.39, 0.29) is 11.1 Å². The summed E-state index contributed by atoms with van der Waals surface area (Å²) < 4.78 is 19.9. The number of hydrogen-bond acceptors (Lipinski definition) is 6. The van der Waals surface area contributed by atoms with Crippen molar-refractivity contribution in [1.29, 1.82) is 0 Å². The predicted molar refractivity (Wildman–Crippen MR) is 116 cm³/mol. The first-order valence-electron chi connectivity index (χ1n) is 9.06. The molecule has 150 valence electrons. The molecule has 1 aliphatic rings. The molecule has 2 atom stereocenters. The Hall–Kier alpha value is -2.26. The average molecular weight is 429 g/mol. The summed E-state index contributed by atoms with van der Waals surface area (Å²) in [4.78, 5) is 2.79. The molecule has 0 spiro atoms. The lowest BCUT2D eigenvalue weighted by Gasteiger charge is -2.20. The van der Waals surface area contributed by atoms with Gasteiger partial charge in [0.1, 0.15) is 17.4 Å². The lowest BCUT2D eigenvalue weighted by atomic mass is 9.95. The molecule has 0 saturated carbocycles. The number of rotatable bonds is 6. The third kappa shape index (κ3) is 4.20. The van der Waals surface area contributed by atoms with Gasteiger partial charge in [-0.3, -0.25) is 4.68 Å². The second kappa shape index (κ2) is 8.62. The number of aliphatic hydroxyl groups is 1. The van der Waals surface area contributed by atoms with E-state index in [1.54, 1.807) is 28.7 Å². The van der Waals surface area contributed by atoms with Crippen LogP contribution in [-0.2, 0) is 7.05 Å². The molecule has 2 aromatic carbocycles. The highest BCUT2D eigenvalue weighted by atomic mass is 32.2. The van der Waals surface area contributed by atoms with Crippen LogP contribution < -0.4 is 4.72 Å². The number of halogens is 1. The van der Waals surface area contributed by atoms with Crippen LogP contribution in [0, 0.1) is 5.82 Å². The van der Waals surface area contributed by atoms with E-state index in [0.29, 0.717) is 5.56 Å². The molecule has 0 fully saturated rings. The monoisotopic (exact) mass is 428 g/mol. The molecule has 4 rings (SSSR count). The maximum Gasteiger partial charge on any atom is 0.140 e. The first kappa shape index (κ1) is 20.0. The molecule has 2 unspecified atom stereocenters. The summed E-state index contributed by atoms with van der Waals surface area (Å²) in [5.41, 5.74) is 2.69. The molecule has 0 bridgehead atoms. The van der Waals surface area contributed by atoms with Gasteiger partial charge in [-0.25, -0.2) is 9.11 Å². The average Bonchev–Trinajstić information content (AvgIpc) is 3.33. The smallest absolute Gasteiger partial charge is 0.140 e. The van der Waals surface area contributed by atoms with Gasteiger partial charge in [-0.2, -0.15) is 5.10 Å². The van der Waals surface area contributed by atoms with Crippen LogP contribution in [0.1, 0.15) is 17.2 Å². The topological polar surface area (TPSA) is 53.3 Å². The molecule has 3 aromatic rings. The van der Waals surface area contributed by atoms with Crippen LogP contribution in [-0.4, -0.2) is 32.3 Å². The summed E-state index contributed by atoms with van der Waals surface area (Å²) in [6.45, 7) is 0. The Bertz CT molecular complexity index is 1040. The highest BCUT2D eigenvalue weighted by Crippen LogP contribution is 2.34. The van der Waals surface area contributed by atoms with Crippen LogP contribution in [0.2, 0.25) is 0 Å². The molecule has 2 heterocycles. The number of aryl methyl sites for hydroxylation is 1. The Morgan fingerprint density at radius 3 is 2.69 bits per heavy atom. The molecular formula is C21H21FN4OS2. The Morgan fingerprint density at radius 2 is 2.00 bits per heavy atom. The van der Waals surface area contributed by atoms with Crippen LogP contribution in [0.25, 0.3) is 11.3 Å². The van der Waals surface area contributed by atoms with Crippen molar-refractivity contribution in [3.05, 3.63) is 83.3 Å². The zero-order valence-electron chi connectivity index (χ0n) is 16.0. The van der Waals surface area contributed by atoms with Crippen LogP contribution >= 0.6 is 23.7 Å². The number of hydrogen-bond donors (Lipinski definition) is 2. The minimum absolute atomic E-state index is 0.110. The normalized spacial score (nSPS) is 17.1. The number of nitrogens with zero attached hydrogens (tertiary/aromatic N) is 3. The summed E-state index contributed by atoms with van der Waals surface area (Å²) in [5.74, 6) is -0.435. The van der Waals surface area contributed by atoms with Crippen molar-refractivity contribution in [1.82, 2.24) is 19.4 Å². The van der Waals surface area contributed by atoms with Gasteiger partial charge in [0, 0.05) is 42.5 Å². The molecule has 1 aliphatic heterocycles. The molecule has 29 heavy (non-hydrogen) atoms. The molecule has 0 radical (unpaired) electrons. The molecule has 0 aliphatic carbocycles. The largest absolute Gasteiger partial charge is 0.384 e. The number of benzene rings is 2.